The van der Waals surface area contributed by atoms with E-state index in [1.165, 1.54) is 5.39 Å². The Morgan fingerprint density at radius 1 is 1.40 bits per heavy atom. The van der Waals surface area contributed by atoms with Crippen molar-refractivity contribution in [2.75, 3.05) is 6.61 Å². The number of pyridine rings is 1. The van der Waals surface area contributed by atoms with Gasteiger partial charge in [-0.05, 0) is 19.1 Å². The fraction of sp³-hybridized carbons (Fsp3) is 0.167. The van der Waals surface area contributed by atoms with Crippen LogP contribution in [0.3, 0.4) is 0 Å². The second-order valence-electron chi connectivity index (χ2n) is 3.08. The van der Waals surface area contributed by atoms with Crippen molar-refractivity contribution in [3.05, 3.63) is 36.5 Å². The third kappa shape index (κ3) is 2.64. The number of benzene rings is 1. The lowest BCUT2D eigenvalue weighted by molar-refractivity contribution is 0.351. The molecule has 0 aliphatic carbocycles. The Hall–Kier alpha value is -1.19. The molecule has 78 valence electrons. The first-order valence-electron chi connectivity index (χ1n) is 4.89. The van der Waals surface area contributed by atoms with Crippen LogP contribution in [0.25, 0.3) is 10.9 Å². The summed E-state index contributed by atoms with van der Waals surface area (Å²) in [7, 11) is 0. The number of ether oxygens (including phenoxy) is 1. The van der Waals surface area contributed by atoms with Gasteiger partial charge in [-0.25, -0.2) is 0 Å². The molecule has 0 unspecified atom stereocenters. The molecule has 1 aromatic heterocycles. The summed E-state index contributed by atoms with van der Waals surface area (Å²) in [5.74, 6) is 0. The number of rotatable bonds is 3. The van der Waals surface area contributed by atoms with Gasteiger partial charge in [-0.3, -0.25) is 4.98 Å². The lowest BCUT2D eigenvalue weighted by atomic mass is 10.2. The zero-order valence-corrected chi connectivity index (χ0v) is 9.45. The predicted octanol–water partition coefficient (Wildman–Crippen LogP) is 2.86. The zero-order chi connectivity index (χ0) is 10.5. The molecular formula is C12H13NOS. The van der Waals surface area contributed by atoms with Gasteiger partial charge in [0.15, 0.2) is 0 Å². The van der Waals surface area contributed by atoms with Gasteiger partial charge in [-0.15, -0.1) is 11.4 Å². The molecule has 0 aliphatic heterocycles. The lowest BCUT2D eigenvalue weighted by Gasteiger charge is -1.98. The number of aromatic nitrogens is 1. The highest BCUT2D eigenvalue weighted by Gasteiger charge is 1.93. The minimum Gasteiger partial charge on any atom is -0.348 e. The summed E-state index contributed by atoms with van der Waals surface area (Å²) < 4.78 is 5.18. The average molecular weight is 219 g/mol. The summed E-state index contributed by atoms with van der Waals surface area (Å²) >= 11 is 1.06. The van der Waals surface area contributed by atoms with Crippen molar-refractivity contribution in [3.8, 4) is 0 Å². The van der Waals surface area contributed by atoms with Crippen LogP contribution in [0.4, 0.5) is 0 Å². The lowest BCUT2D eigenvalue weighted by Crippen LogP contribution is -1.83. The van der Waals surface area contributed by atoms with Crippen molar-refractivity contribution in [3.63, 3.8) is 0 Å². The molecule has 1 heterocycles. The second-order valence-corrected chi connectivity index (χ2v) is 4.06. The van der Waals surface area contributed by atoms with Crippen molar-refractivity contribution in [2.45, 2.75) is 11.8 Å². The summed E-state index contributed by atoms with van der Waals surface area (Å²) in [6, 6.07) is 10.2. The van der Waals surface area contributed by atoms with Crippen molar-refractivity contribution in [1.29, 1.82) is 0 Å². The summed E-state index contributed by atoms with van der Waals surface area (Å²) in [4.78, 5) is 5.53. The zero-order valence-electron chi connectivity index (χ0n) is 8.55. The van der Waals surface area contributed by atoms with Gasteiger partial charge in [-0.1, -0.05) is 18.2 Å². The molecule has 3 heteroatoms. The number of hydrogen-bond acceptors (Lipinski definition) is 2. The van der Waals surface area contributed by atoms with Crippen LogP contribution in [-0.2, 0) is 4.74 Å². The summed E-state index contributed by atoms with van der Waals surface area (Å²) in [5, 5.41) is 1.17. The van der Waals surface area contributed by atoms with E-state index in [0.29, 0.717) is 6.61 Å². The van der Waals surface area contributed by atoms with Crippen molar-refractivity contribution in [2.24, 2.45) is 0 Å². The molecule has 0 radical (unpaired) electrons. The quantitative estimate of drug-likeness (QED) is 0.633. The van der Waals surface area contributed by atoms with Crippen LogP contribution in [0.5, 0.6) is 0 Å². The Bertz CT molecular complexity index is 482. The van der Waals surface area contributed by atoms with Crippen LogP contribution in [-0.4, -0.2) is 17.1 Å². The molecule has 0 bridgehead atoms. The predicted molar refractivity (Wildman–Crippen MR) is 66.7 cm³/mol. The van der Waals surface area contributed by atoms with E-state index in [1.807, 2.05) is 31.3 Å². The molecular weight excluding hydrogens is 206 g/mol. The van der Waals surface area contributed by atoms with Crippen molar-refractivity contribution >= 4 is 27.8 Å². The Morgan fingerprint density at radius 3 is 3.13 bits per heavy atom. The maximum atomic E-state index is 5.18. The topological polar surface area (TPSA) is 22.1 Å². The Morgan fingerprint density at radius 2 is 2.27 bits per heavy atom. The van der Waals surface area contributed by atoms with Gasteiger partial charge in [-0.2, -0.15) is 0 Å². The van der Waals surface area contributed by atoms with E-state index < -0.39 is 0 Å². The van der Waals surface area contributed by atoms with Gasteiger partial charge in [0.1, 0.15) is 0 Å². The van der Waals surface area contributed by atoms with E-state index in [4.69, 9.17) is 4.74 Å². The van der Waals surface area contributed by atoms with Gasteiger partial charge < -0.3 is 4.74 Å². The number of hydrogen-bond donors (Lipinski definition) is 1. The maximum absolute atomic E-state index is 5.18. The normalized spacial score (nSPS) is 11.8. The molecule has 0 N–H and O–H groups in total. The van der Waals surface area contributed by atoms with Crippen LogP contribution >= 0.6 is 11.4 Å². The Balaban J connectivity index is 2.30. The minimum absolute atomic E-state index is 0.716. The van der Waals surface area contributed by atoms with Gasteiger partial charge in [0.25, 0.3) is 0 Å². The van der Waals surface area contributed by atoms with Gasteiger partial charge in [0.2, 0.25) is 0 Å². The van der Waals surface area contributed by atoms with Crippen molar-refractivity contribution in [1.82, 2.24) is 4.98 Å². The molecule has 2 aromatic rings. The van der Waals surface area contributed by atoms with E-state index in [0.717, 1.165) is 21.8 Å². The van der Waals surface area contributed by atoms with Gasteiger partial charge >= 0.3 is 0 Å². The van der Waals surface area contributed by atoms with Crippen LogP contribution < -0.4 is 0 Å². The fourth-order valence-electron chi connectivity index (χ4n) is 1.30. The molecule has 0 saturated carbocycles. The highest BCUT2D eigenvalue weighted by Crippen LogP contribution is 2.16. The third-order valence-electron chi connectivity index (χ3n) is 2.02. The molecule has 0 amide bonds. The molecule has 0 atom stereocenters. The van der Waals surface area contributed by atoms with Crippen LogP contribution in [0.2, 0.25) is 0 Å². The smallest absolute Gasteiger partial charge is 0.0702 e. The molecule has 0 saturated heterocycles. The van der Waals surface area contributed by atoms with Crippen LogP contribution in [0.1, 0.15) is 6.92 Å². The molecule has 1 aromatic carbocycles. The number of thiol groups is 1. The first-order chi connectivity index (χ1) is 7.40. The first kappa shape index (κ1) is 10.3. The van der Waals surface area contributed by atoms with Crippen LogP contribution in [0.15, 0.2) is 41.4 Å². The van der Waals surface area contributed by atoms with E-state index in [1.54, 1.807) is 5.55 Å². The molecule has 15 heavy (non-hydrogen) atoms. The SMILES string of the molecule is CCOC=[SH]c1cnc2ccccc2c1. The summed E-state index contributed by atoms with van der Waals surface area (Å²) in [5.41, 5.74) is 2.83. The molecule has 2 rings (SSSR count). The summed E-state index contributed by atoms with van der Waals surface area (Å²) in [6.07, 6.45) is 1.89. The fourth-order valence-corrected chi connectivity index (χ4v) is 1.99. The van der Waals surface area contributed by atoms with Gasteiger partial charge in [0, 0.05) is 16.5 Å². The largest absolute Gasteiger partial charge is 0.348 e. The average Bonchev–Trinajstić information content (AvgIpc) is 2.29. The van der Waals surface area contributed by atoms with E-state index in [9.17, 15) is 0 Å². The first-order valence-corrected chi connectivity index (χ1v) is 5.85. The van der Waals surface area contributed by atoms with E-state index >= 15 is 0 Å². The highest BCUT2D eigenvalue weighted by atomic mass is 32.1. The Kier molecular flexibility index (Phi) is 3.48. The molecule has 2 nitrogen and oxygen atoms in total. The summed E-state index contributed by atoms with van der Waals surface area (Å²) in [6.45, 7) is 2.69. The molecule has 0 spiro atoms. The number of fused-ring (bicyclic) bond motifs is 1. The number of nitrogens with zero attached hydrogens (tertiary/aromatic N) is 1. The van der Waals surface area contributed by atoms with Crippen molar-refractivity contribution < 1.29 is 4.74 Å². The third-order valence-corrected chi connectivity index (χ3v) is 2.82. The second kappa shape index (κ2) is 5.05. The number of para-hydroxylation sites is 1. The monoisotopic (exact) mass is 219 g/mol. The standard InChI is InChI=1S/C12H13NOS/c1-2-14-9-15-11-7-10-5-3-4-6-12(10)13-8-11/h3-9,15H,2H2,1H3. The molecule has 0 aliphatic rings. The van der Waals surface area contributed by atoms with Gasteiger partial charge in [0.05, 0.1) is 17.7 Å². The highest BCUT2D eigenvalue weighted by molar-refractivity contribution is 7.97. The minimum atomic E-state index is 0.716. The Labute approximate surface area is 92.9 Å². The van der Waals surface area contributed by atoms with E-state index in [-0.39, 0.29) is 0 Å². The molecule has 0 fully saturated rings. The van der Waals surface area contributed by atoms with E-state index in [2.05, 4.69) is 17.1 Å². The van der Waals surface area contributed by atoms with Crippen LogP contribution in [0, 0.1) is 0 Å². The maximum Gasteiger partial charge on any atom is 0.0702 e.